The van der Waals surface area contributed by atoms with Crippen LogP contribution in [-0.2, 0) is 0 Å². The monoisotopic (exact) mass is 550 g/mol. The zero-order chi connectivity index (χ0) is 20.4. The fraction of sp³-hybridized carbons (Fsp3) is 0.154. The van der Waals surface area contributed by atoms with Crippen LogP contribution in [0.5, 0.6) is 0 Å². The summed E-state index contributed by atoms with van der Waals surface area (Å²) in [6.07, 6.45) is 0. The summed E-state index contributed by atoms with van der Waals surface area (Å²) in [5.74, 6) is 0. The fourth-order valence-corrected chi connectivity index (χ4v) is 22.0. The van der Waals surface area contributed by atoms with Crippen molar-refractivity contribution in [3.05, 3.63) is 60.7 Å². The van der Waals surface area contributed by atoms with Crippen LogP contribution >= 0.6 is 0 Å². The van der Waals surface area contributed by atoms with Crippen LogP contribution in [0.4, 0.5) is 0 Å². The third-order valence-corrected chi connectivity index (χ3v) is 20.3. The Hall–Kier alpha value is -1.39. The van der Waals surface area contributed by atoms with E-state index in [9.17, 15) is 0 Å². The van der Waals surface area contributed by atoms with Gasteiger partial charge in [-0.15, -0.1) is 0 Å². The van der Waals surface area contributed by atoms with Gasteiger partial charge in [-0.2, -0.15) is 0 Å². The van der Waals surface area contributed by atoms with Crippen molar-refractivity contribution in [2.45, 2.75) is 26.2 Å². The molecule has 0 nitrogen and oxygen atoms in total. The van der Waals surface area contributed by atoms with Crippen molar-refractivity contribution in [3.63, 3.8) is 0 Å². The molecule has 0 bridgehead atoms. The van der Waals surface area contributed by atoms with Crippen molar-refractivity contribution in [3.8, 4) is 20.0 Å². The summed E-state index contributed by atoms with van der Waals surface area (Å²) in [5.41, 5.74) is 3.16. The van der Waals surface area contributed by atoms with Crippen LogP contribution in [0.2, 0.25) is 26.2 Å². The molecule has 0 fully saturated rings. The number of fused-ring (bicyclic) bond motifs is 10. The van der Waals surface area contributed by atoms with Gasteiger partial charge >= 0.3 is 192 Å². The number of hydrogen-bond donors (Lipinski definition) is 0. The van der Waals surface area contributed by atoms with Crippen LogP contribution in [0.25, 0.3) is 39.3 Å². The Kier molecular flexibility index (Phi) is 3.46. The van der Waals surface area contributed by atoms with E-state index in [-0.39, 0.29) is 0 Å². The summed E-state index contributed by atoms with van der Waals surface area (Å²) in [5, 5.41) is 10.1. The molecule has 0 saturated heterocycles. The Balaban J connectivity index is 1.57. The van der Waals surface area contributed by atoms with E-state index < -0.39 is 16.1 Å². The molecule has 0 aliphatic carbocycles. The van der Waals surface area contributed by atoms with E-state index >= 15 is 0 Å². The maximum atomic E-state index is 2.65. The Bertz CT molecular complexity index is 1430. The SMILES string of the molecule is C[Si]1(C)c2ccccc2-c2[se]c3cc4c5c([se]c4cc3c21)-c1ccccc1[Si]5(C)C. The predicted molar refractivity (Wildman–Crippen MR) is 140 cm³/mol. The van der Waals surface area contributed by atoms with E-state index in [2.05, 4.69) is 86.9 Å². The van der Waals surface area contributed by atoms with Crippen molar-refractivity contribution in [2.24, 2.45) is 0 Å². The second-order valence-corrected chi connectivity index (χ2v) is 22.8. The quantitative estimate of drug-likeness (QED) is 0.259. The molecule has 0 amide bonds. The minimum atomic E-state index is -1.59. The van der Waals surface area contributed by atoms with Gasteiger partial charge < -0.3 is 0 Å². The van der Waals surface area contributed by atoms with E-state index in [4.69, 9.17) is 0 Å². The number of benzene rings is 3. The zero-order valence-electron chi connectivity index (χ0n) is 17.6. The summed E-state index contributed by atoms with van der Waals surface area (Å²) in [4.78, 5) is 0. The third-order valence-electron chi connectivity index (χ3n) is 7.44. The van der Waals surface area contributed by atoms with Gasteiger partial charge in [-0.1, -0.05) is 0 Å². The molecule has 3 aromatic carbocycles. The Labute approximate surface area is 191 Å². The molecule has 0 unspecified atom stereocenters. The van der Waals surface area contributed by atoms with Crippen LogP contribution in [-0.4, -0.2) is 45.2 Å². The fourth-order valence-electron chi connectivity index (χ4n) is 6.03. The Morgan fingerprint density at radius 1 is 0.567 bits per heavy atom. The summed E-state index contributed by atoms with van der Waals surface area (Å²) in [6, 6.07) is 23.9. The summed E-state index contributed by atoms with van der Waals surface area (Å²) in [6.45, 7) is 10.3. The Morgan fingerprint density at radius 3 is 1.40 bits per heavy atom. The maximum absolute atomic E-state index is 2.65. The molecule has 146 valence electrons. The first-order chi connectivity index (χ1) is 14.4. The topological polar surface area (TPSA) is 0 Å². The molecule has 0 radical (unpaired) electrons. The van der Waals surface area contributed by atoms with E-state index in [1.807, 2.05) is 0 Å². The Morgan fingerprint density at radius 2 is 0.967 bits per heavy atom. The van der Waals surface area contributed by atoms with E-state index in [0.29, 0.717) is 29.0 Å². The van der Waals surface area contributed by atoms with Gasteiger partial charge in [0.1, 0.15) is 0 Å². The molecular weight excluding hydrogens is 526 g/mol. The molecule has 0 N–H and O–H groups in total. The molecule has 2 aliphatic heterocycles. The van der Waals surface area contributed by atoms with Crippen molar-refractivity contribution >= 4 is 85.2 Å². The van der Waals surface area contributed by atoms with Crippen molar-refractivity contribution in [1.82, 2.24) is 0 Å². The van der Waals surface area contributed by atoms with Crippen molar-refractivity contribution < 1.29 is 0 Å². The molecule has 30 heavy (non-hydrogen) atoms. The second kappa shape index (κ2) is 5.69. The zero-order valence-corrected chi connectivity index (χ0v) is 23.0. The molecule has 5 aromatic rings. The van der Waals surface area contributed by atoms with Crippen LogP contribution in [0.15, 0.2) is 60.7 Å². The van der Waals surface area contributed by atoms with Crippen LogP contribution in [0.3, 0.4) is 0 Å². The molecular formula is C26H22Se2Si2. The number of rotatable bonds is 0. The van der Waals surface area contributed by atoms with Gasteiger partial charge in [0, 0.05) is 0 Å². The van der Waals surface area contributed by atoms with Gasteiger partial charge in [0.05, 0.1) is 0 Å². The first-order valence-corrected chi connectivity index (χ1v) is 20.1. The van der Waals surface area contributed by atoms with Crippen molar-refractivity contribution in [2.75, 3.05) is 0 Å². The summed E-state index contributed by atoms with van der Waals surface area (Å²) < 4.78 is 6.74. The second-order valence-electron chi connectivity index (χ2n) is 9.80. The van der Waals surface area contributed by atoms with Gasteiger partial charge in [-0.25, -0.2) is 0 Å². The van der Waals surface area contributed by atoms with E-state index in [1.54, 1.807) is 60.0 Å². The molecule has 0 saturated carbocycles. The first-order valence-electron chi connectivity index (χ1n) is 10.6. The molecule has 0 atom stereocenters. The molecule has 7 rings (SSSR count). The average molecular weight is 549 g/mol. The molecule has 0 spiro atoms. The molecule has 2 aliphatic rings. The average Bonchev–Trinajstić information content (AvgIpc) is 3.40. The summed E-state index contributed by atoms with van der Waals surface area (Å²) >= 11 is 0.897. The van der Waals surface area contributed by atoms with Gasteiger partial charge in [0.25, 0.3) is 0 Å². The van der Waals surface area contributed by atoms with E-state index in [0.717, 1.165) is 0 Å². The molecule has 4 heteroatoms. The molecule has 2 aromatic heterocycles. The predicted octanol–water partition coefficient (Wildman–Crippen LogP) is 3.71. The minimum absolute atomic E-state index is 0.448. The molecule has 4 heterocycles. The van der Waals surface area contributed by atoms with Gasteiger partial charge in [-0.3, -0.25) is 0 Å². The standard InChI is InChI=1S/C26H22Se2Si2/c1-29(2)21-11-7-5-9-15(21)23-25(29)17-13-20-18(14-19(17)27-23)26-24(28-20)16-10-6-8-12-22(16)30(26,3)4/h5-14H,1-4H3. The van der Waals surface area contributed by atoms with Gasteiger partial charge in [0.15, 0.2) is 0 Å². The number of hydrogen-bond acceptors (Lipinski definition) is 0. The van der Waals surface area contributed by atoms with E-state index in [1.165, 1.54) is 0 Å². The normalized spacial score (nSPS) is 17.2. The van der Waals surface area contributed by atoms with Crippen LogP contribution < -0.4 is 20.7 Å². The van der Waals surface area contributed by atoms with Gasteiger partial charge in [0.2, 0.25) is 0 Å². The summed E-state index contributed by atoms with van der Waals surface area (Å²) in [7, 11) is -3.18. The first kappa shape index (κ1) is 18.2. The van der Waals surface area contributed by atoms with Crippen LogP contribution in [0.1, 0.15) is 0 Å². The van der Waals surface area contributed by atoms with Crippen LogP contribution in [0, 0.1) is 0 Å². The van der Waals surface area contributed by atoms with Crippen molar-refractivity contribution in [1.29, 1.82) is 0 Å². The third kappa shape index (κ3) is 2.04. The van der Waals surface area contributed by atoms with Gasteiger partial charge in [-0.05, 0) is 0 Å².